The maximum atomic E-state index is 10.8. The van der Waals surface area contributed by atoms with Crippen molar-refractivity contribution >= 4 is 5.97 Å². The molecule has 1 saturated carbocycles. The summed E-state index contributed by atoms with van der Waals surface area (Å²) in [6.45, 7) is 0.874. The second kappa shape index (κ2) is 3.66. The number of aliphatic carboxylic acids is 1. The molecule has 0 aromatic carbocycles. The summed E-state index contributed by atoms with van der Waals surface area (Å²) in [4.78, 5) is 10.8. The van der Waals surface area contributed by atoms with Crippen molar-refractivity contribution in [1.82, 2.24) is 0 Å². The lowest BCUT2D eigenvalue weighted by atomic mass is 9.76. The predicted octanol–water partition coefficient (Wildman–Crippen LogP) is 1.67. The number of hydrogen-bond acceptors (Lipinski definition) is 2. The maximum absolute atomic E-state index is 10.8. The Hall–Kier alpha value is -0.570. The van der Waals surface area contributed by atoms with E-state index < -0.39 is 5.97 Å². The van der Waals surface area contributed by atoms with Crippen LogP contribution >= 0.6 is 0 Å². The number of fused-ring (bicyclic) bond motifs is 1. The second-order valence-electron chi connectivity index (χ2n) is 4.16. The first-order chi connectivity index (χ1) is 6.27. The van der Waals surface area contributed by atoms with E-state index >= 15 is 0 Å². The SMILES string of the molecule is O=C(O)[C@H]1CC[C@@H]2OCCC[C@@H]2C1. The molecule has 0 radical (unpaired) electrons. The van der Waals surface area contributed by atoms with Crippen molar-refractivity contribution in [2.24, 2.45) is 11.8 Å². The van der Waals surface area contributed by atoms with Crippen LogP contribution in [-0.2, 0) is 9.53 Å². The zero-order valence-corrected chi connectivity index (χ0v) is 7.74. The molecule has 2 rings (SSSR count). The van der Waals surface area contributed by atoms with Gasteiger partial charge in [-0.15, -0.1) is 0 Å². The van der Waals surface area contributed by atoms with Crippen molar-refractivity contribution in [3.8, 4) is 0 Å². The second-order valence-corrected chi connectivity index (χ2v) is 4.16. The van der Waals surface area contributed by atoms with Gasteiger partial charge in [-0.2, -0.15) is 0 Å². The molecule has 13 heavy (non-hydrogen) atoms. The maximum Gasteiger partial charge on any atom is 0.306 e. The van der Waals surface area contributed by atoms with Gasteiger partial charge in [0, 0.05) is 6.61 Å². The standard InChI is InChI=1S/C10H16O3/c11-10(12)8-3-4-9-7(6-8)2-1-5-13-9/h7-9H,1-6H2,(H,11,12)/t7-,8+,9+/m1/s1. The molecule has 3 heteroatoms. The first kappa shape index (κ1) is 9.00. The van der Waals surface area contributed by atoms with Gasteiger partial charge < -0.3 is 9.84 Å². The molecule has 2 aliphatic rings. The van der Waals surface area contributed by atoms with Gasteiger partial charge in [0.15, 0.2) is 0 Å². The monoisotopic (exact) mass is 184 g/mol. The van der Waals surface area contributed by atoms with Crippen molar-refractivity contribution in [2.45, 2.75) is 38.2 Å². The normalized spacial score (nSPS) is 39.5. The van der Waals surface area contributed by atoms with Gasteiger partial charge in [-0.3, -0.25) is 4.79 Å². The lowest BCUT2D eigenvalue weighted by Gasteiger charge is -2.37. The van der Waals surface area contributed by atoms with Crippen molar-refractivity contribution in [3.63, 3.8) is 0 Å². The number of carboxylic acids is 1. The summed E-state index contributed by atoms with van der Waals surface area (Å²) >= 11 is 0. The smallest absolute Gasteiger partial charge is 0.306 e. The summed E-state index contributed by atoms with van der Waals surface area (Å²) in [5.74, 6) is -0.212. The third-order valence-corrected chi connectivity index (χ3v) is 3.31. The highest BCUT2D eigenvalue weighted by molar-refractivity contribution is 5.70. The van der Waals surface area contributed by atoms with Crippen LogP contribution in [0.4, 0.5) is 0 Å². The Balaban J connectivity index is 1.95. The molecule has 3 nitrogen and oxygen atoms in total. The molecule has 2 fully saturated rings. The fourth-order valence-corrected chi connectivity index (χ4v) is 2.56. The summed E-state index contributed by atoms with van der Waals surface area (Å²) in [6.07, 6.45) is 5.21. The van der Waals surface area contributed by atoms with Crippen LogP contribution < -0.4 is 0 Å². The van der Waals surface area contributed by atoms with Crippen LogP contribution in [0.5, 0.6) is 0 Å². The van der Waals surface area contributed by atoms with E-state index in [0.29, 0.717) is 12.0 Å². The highest BCUT2D eigenvalue weighted by Crippen LogP contribution is 2.36. The molecule has 3 atom stereocenters. The summed E-state index contributed by atoms with van der Waals surface area (Å²) in [5.41, 5.74) is 0. The number of ether oxygens (including phenoxy) is 1. The van der Waals surface area contributed by atoms with Gasteiger partial charge in [-0.1, -0.05) is 0 Å². The predicted molar refractivity (Wildman–Crippen MR) is 47.4 cm³/mol. The van der Waals surface area contributed by atoms with E-state index in [0.717, 1.165) is 38.7 Å². The summed E-state index contributed by atoms with van der Waals surface area (Å²) in [7, 11) is 0. The molecule has 0 aromatic heterocycles. The average molecular weight is 184 g/mol. The Morgan fingerprint density at radius 2 is 2.15 bits per heavy atom. The molecule has 1 aliphatic heterocycles. The Kier molecular flexibility index (Phi) is 2.54. The molecule has 74 valence electrons. The lowest BCUT2D eigenvalue weighted by molar-refractivity contribution is -0.146. The highest BCUT2D eigenvalue weighted by atomic mass is 16.5. The van der Waals surface area contributed by atoms with Gasteiger partial charge in [-0.05, 0) is 38.0 Å². The van der Waals surface area contributed by atoms with Gasteiger partial charge in [0.1, 0.15) is 0 Å². The van der Waals surface area contributed by atoms with E-state index in [9.17, 15) is 4.79 Å². The average Bonchev–Trinajstić information content (AvgIpc) is 2.17. The molecular weight excluding hydrogens is 168 g/mol. The lowest BCUT2D eigenvalue weighted by Crippen LogP contribution is -2.37. The van der Waals surface area contributed by atoms with Crippen LogP contribution in [0.15, 0.2) is 0 Å². The molecule has 0 spiro atoms. The minimum atomic E-state index is -0.621. The Morgan fingerprint density at radius 1 is 1.31 bits per heavy atom. The number of hydrogen-bond donors (Lipinski definition) is 1. The molecule has 1 heterocycles. The van der Waals surface area contributed by atoms with Crippen LogP contribution in [0.2, 0.25) is 0 Å². The van der Waals surface area contributed by atoms with Gasteiger partial charge in [-0.25, -0.2) is 0 Å². The zero-order valence-electron chi connectivity index (χ0n) is 7.74. The van der Waals surface area contributed by atoms with Crippen LogP contribution in [0.3, 0.4) is 0 Å². The molecule has 0 aromatic rings. The molecular formula is C10H16O3. The van der Waals surface area contributed by atoms with E-state index in [-0.39, 0.29) is 5.92 Å². The molecule has 0 bridgehead atoms. The van der Waals surface area contributed by atoms with E-state index in [1.165, 1.54) is 0 Å². The van der Waals surface area contributed by atoms with Crippen molar-refractivity contribution in [1.29, 1.82) is 0 Å². The molecule has 0 amide bonds. The van der Waals surface area contributed by atoms with Crippen LogP contribution in [0, 0.1) is 11.8 Å². The molecule has 1 saturated heterocycles. The highest BCUT2D eigenvalue weighted by Gasteiger charge is 2.35. The zero-order chi connectivity index (χ0) is 9.26. The first-order valence-corrected chi connectivity index (χ1v) is 5.12. The fourth-order valence-electron chi connectivity index (χ4n) is 2.56. The topological polar surface area (TPSA) is 46.5 Å². The summed E-state index contributed by atoms with van der Waals surface area (Å²) in [6, 6.07) is 0. The summed E-state index contributed by atoms with van der Waals surface area (Å²) < 4.78 is 5.62. The van der Waals surface area contributed by atoms with Gasteiger partial charge in [0.25, 0.3) is 0 Å². The van der Waals surface area contributed by atoms with Crippen molar-refractivity contribution in [3.05, 3.63) is 0 Å². The summed E-state index contributed by atoms with van der Waals surface area (Å²) in [5, 5.41) is 8.89. The van der Waals surface area contributed by atoms with Crippen LogP contribution in [0.25, 0.3) is 0 Å². The number of rotatable bonds is 1. The van der Waals surface area contributed by atoms with Gasteiger partial charge >= 0.3 is 5.97 Å². The van der Waals surface area contributed by atoms with Crippen LogP contribution in [0.1, 0.15) is 32.1 Å². The third-order valence-electron chi connectivity index (χ3n) is 3.31. The fraction of sp³-hybridized carbons (Fsp3) is 0.900. The number of carboxylic acid groups (broad SMARTS) is 1. The Bertz CT molecular complexity index is 202. The largest absolute Gasteiger partial charge is 0.481 e. The van der Waals surface area contributed by atoms with E-state index in [4.69, 9.17) is 9.84 Å². The number of carbonyl (C=O) groups is 1. The minimum Gasteiger partial charge on any atom is -0.481 e. The Labute approximate surface area is 78.1 Å². The van der Waals surface area contributed by atoms with Crippen molar-refractivity contribution < 1.29 is 14.6 Å². The Morgan fingerprint density at radius 3 is 2.92 bits per heavy atom. The van der Waals surface area contributed by atoms with Crippen molar-refractivity contribution in [2.75, 3.05) is 6.61 Å². The van der Waals surface area contributed by atoms with E-state index in [1.54, 1.807) is 0 Å². The van der Waals surface area contributed by atoms with Crippen LogP contribution in [-0.4, -0.2) is 23.8 Å². The van der Waals surface area contributed by atoms with E-state index in [2.05, 4.69) is 0 Å². The quantitative estimate of drug-likeness (QED) is 0.674. The minimum absolute atomic E-state index is 0.108. The third kappa shape index (κ3) is 1.85. The molecule has 1 N–H and O–H groups in total. The van der Waals surface area contributed by atoms with Gasteiger partial charge in [0.05, 0.1) is 12.0 Å². The molecule has 0 unspecified atom stereocenters. The van der Waals surface area contributed by atoms with Gasteiger partial charge in [0.2, 0.25) is 0 Å². The first-order valence-electron chi connectivity index (χ1n) is 5.12. The van der Waals surface area contributed by atoms with E-state index in [1.807, 2.05) is 0 Å². The molecule has 1 aliphatic carbocycles.